The molecule has 1 heterocycles. The number of allylic oxidation sites excluding steroid dienone is 2. The zero-order valence-corrected chi connectivity index (χ0v) is 9.89. The molecule has 0 aromatic rings. The van der Waals surface area contributed by atoms with E-state index < -0.39 is 0 Å². The van der Waals surface area contributed by atoms with Gasteiger partial charge < -0.3 is 10.1 Å². The highest BCUT2D eigenvalue weighted by Crippen LogP contribution is 2.08. The van der Waals surface area contributed by atoms with Crippen LogP contribution in [0, 0.1) is 0 Å². The van der Waals surface area contributed by atoms with Crippen LogP contribution in [-0.2, 0) is 4.74 Å². The van der Waals surface area contributed by atoms with Crippen molar-refractivity contribution in [2.45, 2.75) is 27.7 Å². The lowest BCUT2D eigenvalue weighted by Crippen LogP contribution is -2.24. The summed E-state index contributed by atoms with van der Waals surface area (Å²) in [4.78, 5) is 0. The van der Waals surface area contributed by atoms with E-state index in [0.29, 0.717) is 6.61 Å². The van der Waals surface area contributed by atoms with Crippen LogP contribution in [0.4, 0.5) is 0 Å². The van der Waals surface area contributed by atoms with Crippen LogP contribution in [0.1, 0.15) is 27.7 Å². The molecule has 0 saturated carbocycles. The minimum Gasteiger partial charge on any atom is -0.490 e. The van der Waals surface area contributed by atoms with Crippen LogP contribution in [0.15, 0.2) is 36.8 Å². The van der Waals surface area contributed by atoms with Gasteiger partial charge in [0.05, 0.1) is 5.70 Å². The molecule has 1 rings (SSSR count). The summed E-state index contributed by atoms with van der Waals surface area (Å²) < 4.78 is 5.26. The first-order chi connectivity index (χ1) is 6.88. The van der Waals surface area contributed by atoms with Gasteiger partial charge in [-0.1, -0.05) is 40.9 Å². The van der Waals surface area contributed by atoms with Crippen LogP contribution >= 0.6 is 0 Å². The lowest BCUT2D eigenvalue weighted by atomic mass is 10.3. The number of rotatable bonds is 2. The fraction of sp³-hybridized carbons (Fsp3) is 0.500. The lowest BCUT2D eigenvalue weighted by Gasteiger charge is -2.18. The number of hydrogen-bond donors (Lipinski definition) is 1. The van der Waals surface area contributed by atoms with Crippen molar-refractivity contribution < 1.29 is 4.74 Å². The molecule has 14 heavy (non-hydrogen) atoms. The van der Waals surface area contributed by atoms with Gasteiger partial charge in [0.25, 0.3) is 0 Å². The van der Waals surface area contributed by atoms with Gasteiger partial charge in [-0.05, 0) is 12.2 Å². The highest BCUT2D eigenvalue weighted by atomic mass is 16.5. The van der Waals surface area contributed by atoms with Crippen molar-refractivity contribution in [2.75, 3.05) is 13.2 Å². The molecular formula is C12H23NO. The molecule has 0 aromatic heterocycles. The van der Waals surface area contributed by atoms with Crippen LogP contribution < -0.4 is 5.32 Å². The van der Waals surface area contributed by atoms with Crippen LogP contribution in [0.25, 0.3) is 0 Å². The summed E-state index contributed by atoms with van der Waals surface area (Å²) in [7, 11) is 0. The van der Waals surface area contributed by atoms with Gasteiger partial charge in [0, 0.05) is 6.54 Å². The number of hydrogen-bond acceptors (Lipinski definition) is 2. The van der Waals surface area contributed by atoms with E-state index in [9.17, 15) is 0 Å². The van der Waals surface area contributed by atoms with Crippen molar-refractivity contribution >= 4 is 0 Å². The Kier molecular flexibility index (Phi) is 12.9. The maximum absolute atomic E-state index is 5.26. The Bertz CT molecular complexity index is 163. The summed E-state index contributed by atoms with van der Waals surface area (Å²) in [5, 5.41) is 3.14. The molecule has 0 amide bonds. The van der Waals surface area contributed by atoms with E-state index in [1.54, 1.807) is 12.2 Å². The predicted octanol–water partition coefficient (Wildman–Crippen LogP) is 3.24. The zero-order valence-electron chi connectivity index (χ0n) is 9.89. The second-order valence-corrected chi connectivity index (χ2v) is 1.96. The Hall–Kier alpha value is -1.18. The summed E-state index contributed by atoms with van der Waals surface area (Å²) in [5.41, 5.74) is 0.932. The van der Waals surface area contributed by atoms with E-state index in [1.807, 2.05) is 27.7 Å². The quantitative estimate of drug-likeness (QED) is 0.733. The minimum atomic E-state index is 0.707. The van der Waals surface area contributed by atoms with E-state index >= 15 is 0 Å². The minimum absolute atomic E-state index is 0.707. The van der Waals surface area contributed by atoms with Crippen molar-refractivity contribution in [1.82, 2.24) is 5.32 Å². The van der Waals surface area contributed by atoms with Crippen molar-refractivity contribution in [2.24, 2.45) is 0 Å². The average molecular weight is 197 g/mol. The normalized spacial score (nSPS) is 13.1. The molecule has 1 N–H and O–H groups in total. The van der Waals surface area contributed by atoms with E-state index in [-0.39, 0.29) is 0 Å². The molecule has 82 valence electrons. The molecule has 0 aromatic carbocycles. The SMILES string of the molecule is C=CC1=C(C=C)OCCN1.CC.CC. The first-order valence-electron chi connectivity index (χ1n) is 5.24. The number of ether oxygens (including phenoxy) is 1. The van der Waals surface area contributed by atoms with Crippen LogP contribution in [0.3, 0.4) is 0 Å². The summed E-state index contributed by atoms with van der Waals surface area (Å²) in [6.07, 6.45) is 3.42. The Labute approximate surface area is 88.4 Å². The molecule has 2 heteroatoms. The molecule has 0 unspecified atom stereocenters. The molecule has 1 aliphatic rings. The molecule has 0 saturated heterocycles. The molecule has 1 aliphatic heterocycles. The third-order valence-electron chi connectivity index (χ3n) is 1.33. The Morgan fingerprint density at radius 2 is 1.71 bits per heavy atom. The van der Waals surface area contributed by atoms with Gasteiger partial charge >= 0.3 is 0 Å². The van der Waals surface area contributed by atoms with E-state index in [0.717, 1.165) is 18.0 Å². The summed E-state index contributed by atoms with van der Waals surface area (Å²) in [5.74, 6) is 0.793. The third-order valence-corrected chi connectivity index (χ3v) is 1.33. The van der Waals surface area contributed by atoms with Gasteiger partial charge in [0.2, 0.25) is 0 Å². The molecular weight excluding hydrogens is 174 g/mol. The van der Waals surface area contributed by atoms with E-state index in [4.69, 9.17) is 4.74 Å². The van der Waals surface area contributed by atoms with Crippen molar-refractivity contribution in [1.29, 1.82) is 0 Å². The van der Waals surface area contributed by atoms with Crippen molar-refractivity contribution in [3.05, 3.63) is 36.8 Å². The van der Waals surface area contributed by atoms with Crippen molar-refractivity contribution in [3.8, 4) is 0 Å². The fourth-order valence-electron chi connectivity index (χ4n) is 0.853. The van der Waals surface area contributed by atoms with Gasteiger partial charge in [0.1, 0.15) is 12.4 Å². The van der Waals surface area contributed by atoms with E-state index in [2.05, 4.69) is 18.5 Å². The van der Waals surface area contributed by atoms with E-state index in [1.165, 1.54) is 0 Å². The average Bonchev–Trinajstić information content (AvgIpc) is 2.34. The second kappa shape index (κ2) is 11.8. The Morgan fingerprint density at radius 1 is 1.14 bits per heavy atom. The highest BCUT2D eigenvalue weighted by molar-refractivity contribution is 5.26. The topological polar surface area (TPSA) is 21.3 Å². The van der Waals surface area contributed by atoms with Crippen LogP contribution in [0.2, 0.25) is 0 Å². The zero-order chi connectivity index (χ0) is 11.4. The molecule has 2 nitrogen and oxygen atoms in total. The maximum Gasteiger partial charge on any atom is 0.141 e. The van der Waals surface area contributed by atoms with Crippen LogP contribution in [-0.4, -0.2) is 13.2 Å². The Morgan fingerprint density at radius 3 is 2.07 bits per heavy atom. The van der Waals surface area contributed by atoms with Gasteiger partial charge in [0.15, 0.2) is 0 Å². The first-order valence-corrected chi connectivity index (χ1v) is 5.24. The maximum atomic E-state index is 5.26. The fourth-order valence-corrected chi connectivity index (χ4v) is 0.853. The summed E-state index contributed by atoms with van der Waals surface area (Å²) in [6.45, 7) is 16.8. The smallest absolute Gasteiger partial charge is 0.141 e. The molecule has 0 atom stereocenters. The molecule has 0 aliphatic carbocycles. The second-order valence-electron chi connectivity index (χ2n) is 1.96. The predicted molar refractivity (Wildman–Crippen MR) is 64.1 cm³/mol. The van der Waals surface area contributed by atoms with Gasteiger partial charge in [-0.15, -0.1) is 0 Å². The number of nitrogens with one attached hydrogen (secondary N) is 1. The lowest BCUT2D eigenvalue weighted by molar-refractivity contribution is 0.206. The standard InChI is InChI=1S/C8H11NO.2C2H6/c1-3-7-8(4-2)10-6-5-9-7;2*1-2/h3-4,9H,1-2,5-6H2;2*1-2H3. The summed E-state index contributed by atoms with van der Waals surface area (Å²) >= 11 is 0. The Balaban J connectivity index is 0. The van der Waals surface area contributed by atoms with Gasteiger partial charge in [-0.2, -0.15) is 0 Å². The first kappa shape index (κ1) is 15.3. The molecule has 0 radical (unpaired) electrons. The van der Waals surface area contributed by atoms with Crippen LogP contribution in [0.5, 0.6) is 0 Å². The monoisotopic (exact) mass is 197 g/mol. The van der Waals surface area contributed by atoms with Crippen molar-refractivity contribution in [3.63, 3.8) is 0 Å². The molecule has 0 fully saturated rings. The molecule has 0 bridgehead atoms. The molecule has 0 spiro atoms. The van der Waals surface area contributed by atoms with Gasteiger partial charge in [-0.25, -0.2) is 0 Å². The summed E-state index contributed by atoms with van der Waals surface area (Å²) in [6, 6.07) is 0. The highest BCUT2D eigenvalue weighted by Gasteiger charge is 2.05. The van der Waals surface area contributed by atoms with Gasteiger partial charge in [-0.3, -0.25) is 0 Å². The third kappa shape index (κ3) is 5.46. The largest absolute Gasteiger partial charge is 0.490 e.